The summed E-state index contributed by atoms with van der Waals surface area (Å²) < 4.78 is 1.42. The lowest BCUT2D eigenvalue weighted by molar-refractivity contribution is 0.694. The number of anilines is 1. The van der Waals surface area contributed by atoms with Gasteiger partial charge in [0.25, 0.3) is 5.56 Å². The molecule has 19 heavy (non-hydrogen) atoms. The normalized spacial score (nSPS) is 10.4. The van der Waals surface area contributed by atoms with Gasteiger partial charge in [0.15, 0.2) is 0 Å². The lowest BCUT2D eigenvalue weighted by atomic mass is 10.2. The number of aryl methyl sites for hydroxylation is 1. The molecular formula is C12H15N5O2. The van der Waals surface area contributed by atoms with Crippen molar-refractivity contribution in [2.24, 2.45) is 5.84 Å². The summed E-state index contributed by atoms with van der Waals surface area (Å²) >= 11 is 0. The van der Waals surface area contributed by atoms with E-state index in [1.54, 1.807) is 24.5 Å². The van der Waals surface area contributed by atoms with Crippen LogP contribution in [0.2, 0.25) is 0 Å². The van der Waals surface area contributed by atoms with Gasteiger partial charge in [-0.25, -0.2) is 4.79 Å². The number of nitrogen functional groups attached to an aromatic ring is 1. The minimum absolute atomic E-state index is 0.276. The molecule has 0 fully saturated rings. The number of nitrogens with one attached hydrogen (secondary N) is 2. The lowest BCUT2D eigenvalue weighted by Gasteiger charge is -2.07. The maximum atomic E-state index is 11.7. The molecule has 7 nitrogen and oxygen atoms in total. The smallest absolute Gasteiger partial charge is 0.324 e. The van der Waals surface area contributed by atoms with E-state index in [2.05, 4.69) is 15.4 Å². The number of nitrogens with zero attached hydrogens (tertiary/aromatic N) is 2. The number of nitrogens with two attached hydrogens (primary N) is 1. The molecule has 7 heteroatoms. The van der Waals surface area contributed by atoms with Crippen LogP contribution in [0.1, 0.15) is 18.2 Å². The topological polar surface area (TPSA) is 106 Å². The van der Waals surface area contributed by atoms with Crippen LogP contribution in [0.15, 0.2) is 34.1 Å². The van der Waals surface area contributed by atoms with Gasteiger partial charge >= 0.3 is 5.69 Å². The van der Waals surface area contributed by atoms with Crippen molar-refractivity contribution < 1.29 is 0 Å². The largest absolute Gasteiger partial charge is 0.328 e. The summed E-state index contributed by atoms with van der Waals surface area (Å²) in [7, 11) is 0. The number of pyridine rings is 1. The summed E-state index contributed by atoms with van der Waals surface area (Å²) in [5.74, 6) is 5.31. The Morgan fingerprint density at radius 2 is 2.26 bits per heavy atom. The molecule has 2 aromatic rings. The zero-order valence-corrected chi connectivity index (χ0v) is 10.5. The lowest BCUT2D eigenvalue weighted by Crippen LogP contribution is -2.32. The molecular weight excluding hydrogens is 246 g/mol. The highest BCUT2D eigenvalue weighted by Gasteiger charge is 2.05. The highest BCUT2D eigenvalue weighted by atomic mass is 16.2. The molecule has 0 atom stereocenters. The Morgan fingerprint density at radius 1 is 1.47 bits per heavy atom. The van der Waals surface area contributed by atoms with Gasteiger partial charge < -0.3 is 5.43 Å². The highest BCUT2D eigenvalue weighted by molar-refractivity contribution is 5.41. The first-order valence-electron chi connectivity index (χ1n) is 5.88. The molecule has 0 aliphatic heterocycles. The second-order valence-electron chi connectivity index (χ2n) is 4.08. The van der Waals surface area contributed by atoms with E-state index in [0.717, 1.165) is 0 Å². The summed E-state index contributed by atoms with van der Waals surface area (Å²) in [5.41, 5.74) is 3.67. The van der Waals surface area contributed by atoms with Crippen LogP contribution in [0.25, 0.3) is 0 Å². The molecule has 0 aromatic carbocycles. The number of rotatable bonds is 4. The van der Waals surface area contributed by atoms with E-state index < -0.39 is 5.69 Å². The molecule has 100 valence electrons. The van der Waals surface area contributed by atoms with Crippen LogP contribution >= 0.6 is 0 Å². The standard InChI is InChI=1S/C12H15N5O2/c1-2-8-6-17(12(19)15-11(8)18)7-10-5-9(16-13)3-4-14-10/h3-6H,2,7,13H2,1H3,(H,14,16)(H,15,18,19). The van der Waals surface area contributed by atoms with Crippen LogP contribution in [0, 0.1) is 0 Å². The number of hydrogen-bond donors (Lipinski definition) is 3. The monoisotopic (exact) mass is 261 g/mol. The van der Waals surface area contributed by atoms with Gasteiger partial charge in [0.2, 0.25) is 0 Å². The first-order chi connectivity index (χ1) is 9.13. The molecule has 0 spiro atoms. The first-order valence-corrected chi connectivity index (χ1v) is 5.88. The molecule has 2 heterocycles. The van der Waals surface area contributed by atoms with Crippen molar-refractivity contribution in [2.45, 2.75) is 19.9 Å². The van der Waals surface area contributed by atoms with Crippen molar-refractivity contribution in [1.82, 2.24) is 14.5 Å². The van der Waals surface area contributed by atoms with Crippen LogP contribution < -0.4 is 22.5 Å². The molecule has 0 aliphatic rings. The minimum Gasteiger partial charge on any atom is -0.324 e. The third kappa shape index (κ3) is 2.89. The third-order valence-corrected chi connectivity index (χ3v) is 2.78. The molecule has 0 aliphatic carbocycles. The van der Waals surface area contributed by atoms with Gasteiger partial charge in [-0.2, -0.15) is 0 Å². The summed E-state index contributed by atoms with van der Waals surface area (Å²) in [6.45, 7) is 2.13. The predicted octanol–water partition coefficient (Wildman–Crippen LogP) is -0.172. The number of hydrogen-bond acceptors (Lipinski definition) is 5. The second kappa shape index (κ2) is 5.49. The Bertz CT molecular complexity index is 689. The highest BCUT2D eigenvalue weighted by Crippen LogP contribution is 2.06. The number of hydrazine groups is 1. The predicted molar refractivity (Wildman–Crippen MR) is 71.8 cm³/mol. The van der Waals surface area contributed by atoms with Gasteiger partial charge in [0.05, 0.1) is 17.9 Å². The molecule has 0 amide bonds. The number of aromatic amines is 1. The number of aromatic nitrogens is 3. The SMILES string of the molecule is CCc1cn(Cc2cc(NN)ccn2)c(=O)[nH]c1=O. The van der Waals surface area contributed by atoms with Crippen LogP contribution in [0.5, 0.6) is 0 Å². The molecule has 2 rings (SSSR count). The fourth-order valence-corrected chi connectivity index (χ4v) is 1.75. The zero-order chi connectivity index (χ0) is 13.8. The van der Waals surface area contributed by atoms with Crippen molar-refractivity contribution in [3.63, 3.8) is 0 Å². The Kier molecular flexibility index (Phi) is 3.76. The van der Waals surface area contributed by atoms with E-state index in [0.29, 0.717) is 23.4 Å². The van der Waals surface area contributed by atoms with E-state index >= 15 is 0 Å². The Labute approximate surface area is 109 Å². The Hall–Kier alpha value is -2.41. The Morgan fingerprint density at radius 3 is 2.95 bits per heavy atom. The van der Waals surface area contributed by atoms with Gasteiger partial charge in [-0.15, -0.1) is 0 Å². The quantitative estimate of drug-likeness (QED) is 0.523. The fraction of sp³-hybridized carbons (Fsp3) is 0.250. The molecule has 0 unspecified atom stereocenters. The molecule has 0 saturated heterocycles. The minimum atomic E-state index is -0.449. The summed E-state index contributed by atoms with van der Waals surface area (Å²) in [4.78, 5) is 29.6. The van der Waals surface area contributed by atoms with E-state index in [4.69, 9.17) is 5.84 Å². The van der Waals surface area contributed by atoms with Crippen molar-refractivity contribution in [2.75, 3.05) is 5.43 Å². The first kappa shape index (κ1) is 13.0. The van der Waals surface area contributed by atoms with E-state index in [1.807, 2.05) is 6.92 Å². The van der Waals surface area contributed by atoms with E-state index in [-0.39, 0.29) is 12.1 Å². The third-order valence-electron chi connectivity index (χ3n) is 2.78. The molecule has 0 radical (unpaired) electrons. The molecule has 0 bridgehead atoms. The maximum absolute atomic E-state index is 11.7. The summed E-state index contributed by atoms with van der Waals surface area (Å²) in [5, 5.41) is 0. The van der Waals surface area contributed by atoms with Crippen LogP contribution in [-0.4, -0.2) is 14.5 Å². The van der Waals surface area contributed by atoms with Crippen molar-refractivity contribution in [3.8, 4) is 0 Å². The average molecular weight is 261 g/mol. The van der Waals surface area contributed by atoms with Crippen molar-refractivity contribution in [1.29, 1.82) is 0 Å². The number of H-pyrrole nitrogens is 1. The second-order valence-corrected chi connectivity index (χ2v) is 4.08. The van der Waals surface area contributed by atoms with Crippen molar-refractivity contribution in [3.05, 3.63) is 56.6 Å². The summed E-state index contributed by atoms with van der Waals surface area (Å²) in [6, 6.07) is 3.46. The zero-order valence-electron chi connectivity index (χ0n) is 10.5. The fourth-order valence-electron chi connectivity index (χ4n) is 1.75. The molecule has 4 N–H and O–H groups in total. The summed E-state index contributed by atoms with van der Waals surface area (Å²) in [6.07, 6.45) is 3.72. The van der Waals surface area contributed by atoms with E-state index in [1.165, 1.54) is 4.57 Å². The van der Waals surface area contributed by atoms with Crippen molar-refractivity contribution >= 4 is 5.69 Å². The van der Waals surface area contributed by atoms with Crippen LogP contribution in [-0.2, 0) is 13.0 Å². The molecule has 2 aromatic heterocycles. The average Bonchev–Trinajstić information content (AvgIpc) is 2.42. The maximum Gasteiger partial charge on any atom is 0.328 e. The van der Waals surface area contributed by atoms with Crippen LogP contribution in [0.3, 0.4) is 0 Å². The Balaban J connectivity index is 2.37. The molecule has 0 saturated carbocycles. The van der Waals surface area contributed by atoms with Crippen LogP contribution in [0.4, 0.5) is 5.69 Å². The van der Waals surface area contributed by atoms with Gasteiger partial charge in [-0.05, 0) is 18.6 Å². The van der Waals surface area contributed by atoms with Gasteiger partial charge in [0, 0.05) is 18.0 Å². The van der Waals surface area contributed by atoms with E-state index in [9.17, 15) is 9.59 Å². The van der Waals surface area contributed by atoms with Gasteiger partial charge in [0.1, 0.15) is 0 Å². The van der Waals surface area contributed by atoms with Gasteiger partial charge in [-0.1, -0.05) is 6.92 Å². The van der Waals surface area contributed by atoms with Gasteiger partial charge in [-0.3, -0.25) is 25.2 Å².